The highest BCUT2D eigenvalue weighted by molar-refractivity contribution is 5.65. The smallest absolute Gasteiger partial charge is 0.300 e. The summed E-state index contributed by atoms with van der Waals surface area (Å²) in [5.41, 5.74) is 2.62. The van der Waals surface area contributed by atoms with Crippen LogP contribution in [0.1, 0.15) is 5.56 Å². The lowest BCUT2D eigenvalue weighted by Gasteiger charge is -2.14. The maximum Gasteiger partial charge on any atom is 0.300 e. The number of hydrogen-bond donors (Lipinski definition) is 0. The quantitative estimate of drug-likeness (QED) is 0.724. The average molecular weight is 352 g/mol. The van der Waals surface area contributed by atoms with Gasteiger partial charge in [-0.25, -0.2) is 4.39 Å². The number of hydrogen-bond acceptors (Lipinski definition) is 4. The van der Waals surface area contributed by atoms with Crippen molar-refractivity contribution in [3.8, 4) is 22.9 Å². The lowest BCUT2D eigenvalue weighted by atomic mass is 10.0. The fourth-order valence-electron chi connectivity index (χ4n) is 2.95. The van der Waals surface area contributed by atoms with Crippen LogP contribution < -0.4 is 15.0 Å². The molecule has 0 radical (unpaired) electrons. The highest BCUT2D eigenvalue weighted by Gasteiger charge is 2.23. The van der Waals surface area contributed by atoms with Gasteiger partial charge < -0.3 is 9.47 Å². The first-order valence-corrected chi connectivity index (χ1v) is 8.32. The van der Waals surface area contributed by atoms with Gasteiger partial charge in [0.05, 0.1) is 6.54 Å². The Morgan fingerprint density at radius 1 is 1.19 bits per heavy atom. The van der Waals surface area contributed by atoms with Crippen molar-refractivity contribution in [3.63, 3.8) is 0 Å². The number of aryl methyl sites for hydroxylation is 1. The van der Waals surface area contributed by atoms with E-state index in [2.05, 4.69) is 4.98 Å². The molecule has 1 atom stereocenters. The molecule has 1 unspecified atom stereocenters. The fourth-order valence-corrected chi connectivity index (χ4v) is 2.95. The van der Waals surface area contributed by atoms with Gasteiger partial charge in [0.15, 0.2) is 6.10 Å². The summed E-state index contributed by atoms with van der Waals surface area (Å²) < 4.78 is 26.4. The number of ether oxygens (including phenoxy) is 2. The zero-order valence-corrected chi connectivity index (χ0v) is 14.2. The molecule has 2 aromatic carbocycles. The van der Waals surface area contributed by atoms with Crippen molar-refractivity contribution in [2.75, 3.05) is 6.61 Å². The summed E-state index contributed by atoms with van der Waals surface area (Å²) >= 11 is 0. The third-order valence-corrected chi connectivity index (χ3v) is 4.30. The summed E-state index contributed by atoms with van der Waals surface area (Å²) in [5, 5.41) is 0. The molecule has 0 bridgehead atoms. The predicted octanol–water partition coefficient (Wildman–Crippen LogP) is 3.20. The standard InChI is InChI=1S/C20H17FN2O3/c1-13-10-15(14-2-5-16(21)6-3-14)4-7-18(13)25-12-17-11-23-9-8-19(24)22-20(23)26-17/h2-10,17H,11-12H2,1H3. The monoisotopic (exact) mass is 352 g/mol. The Labute approximate surface area is 149 Å². The SMILES string of the molecule is Cc1cc(-c2ccc(F)cc2)ccc1OCC1Cn2ccc(=O)nc2O1. The minimum absolute atomic E-state index is 0.194. The van der Waals surface area contributed by atoms with Crippen LogP contribution in [0.2, 0.25) is 0 Å². The first-order chi connectivity index (χ1) is 12.6. The summed E-state index contributed by atoms with van der Waals surface area (Å²) in [6, 6.07) is 14.0. The Morgan fingerprint density at radius 3 is 2.73 bits per heavy atom. The molecule has 0 amide bonds. The van der Waals surface area contributed by atoms with Crippen LogP contribution in [0.15, 0.2) is 59.5 Å². The summed E-state index contributed by atoms with van der Waals surface area (Å²) in [5.74, 6) is 0.511. The number of halogens is 1. The van der Waals surface area contributed by atoms with Crippen LogP contribution in [-0.4, -0.2) is 22.3 Å². The molecule has 1 aliphatic rings. The van der Waals surface area contributed by atoms with E-state index in [4.69, 9.17) is 9.47 Å². The largest absolute Gasteiger partial charge is 0.489 e. The van der Waals surface area contributed by atoms with Gasteiger partial charge in [0.1, 0.15) is 18.2 Å². The van der Waals surface area contributed by atoms with Crippen LogP contribution in [0.4, 0.5) is 4.39 Å². The molecular weight excluding hydrogens is 335 g/mol. The summed E-state index contributed by atoms with van der Waals surface area (Å²) in [7, 11) is 0. The zero-order chi connectivity index (χ0) is 18.1. The summed E-state index contributed by atoms with van der Waals surface area (Å²) in [4.78, 5) is 15.1. The first kappa shape index (κ1) is 16.3. The first-order valence-electron chi connectivity index (χ1n) is 8.32. The van der Waals surface area contributed by atoms with Crippen LogP contribution in [0, 0.1) is 12.7 Å². The van der Waals surface area contributed by atoms with Gasteiger partial charge in [0.2, 0.25) is 0 Å². The van der Waals surface area contributed by atoms with Crippen LogP contribution in [0.25, 0.3) is 11.1 Å². The van der Waals surface area contributed by atoms with E-state index in [1.54, 1.807) is 22.9 Å². The average Bonchev–Trinajstić information content (AvgIpc) is 3.03. The van der Waals surface area contributed by atoms with E-state index in [-0.39, 0.29) is 17.5 Å². The number of nitrogens with zero attached hydrogens (tertiary/aromatic N) is 2. The molecule has 3 aromatic rings. The van der Waals surface area contributed by atoms with Crippen molar-refractivity contribution >= 4 is 0 Å². The molecule has 132 valence electrons. The normalized spacial score (nSPS) is 15.4. The molecule has 4 rings (SSSR count). The van der Waals surface area contributed by atoms with E-state index in [0.717, 1.165) is 22.4 Å². The van der Waals surface area contributed by atoms with Crippen molar-refractivity contribution in [1.82, 2.24) is 9.55 Å². The summed E-state index contributed by atoms with van der Waals surface area (Å²) in [6.45, 7) is 2.91. The molecule has 1 aromatic heterocycles. The van der Waals surface area contributed by atoms with Gasteiger partial charge in [-0.05, 0) is 47.9 Å². The molecule has 1 aliphatic heterocycles. The van der Waals surface area contributed by atoms with Crippen molar-refractivity contribution in [2.45, 2.75) is 19.6 Å². The third kappa shape index (κ3) is 3.31. The number of rotatable bonds is 4. The molecule has 2 heterocycles. The van der Waals surface area contributed by atoms with Gasteiger partial charge in [-0.15, -0.1) is 0 Å². The van der Waals surface area contributed by atoms with Gasteiger partial charge in [-0.1, -0.05) is 18.2 Å². The molecular formula is C20H17FN2O3. The van der Waals surface area contributed by atoms with Gasteiger partial charge in [-0.2, -0.15) is 4.98 Å². The lowest BCUT2D eigenvalue weighted by Crippen LogP contribution is -2.23. The Bertz CT molecular complexity index is 999. The Kier molecular flexibility index (Phi) is 4.16. The second-order valence-electron chi connectivity index (χ2n) is 6.24. The molecule has 0 aliphatic carbocycles. The highest BCUT2D eigenvalue weighted by Crippen LogP contribution is 2.27. The molecule has 6 heteroatoms. The van der Waals surface area contributed by atoms with E-state index >= 15 is 0 Å². The molecule has 0 saturated carbocycles. The van der Waals surface area contributed by atoms with E-state index in [9.17, 15) is 9.18 Å². The van der Waals surface area contributed by atoms with E-state index < -0.39 is 0 Å². The van der Waals surface area contributed by atoms with Gasteiger partial charge in [0.25, 0.3) is 11.6 Å². The lowest BCUT2D eigenvalue weighted by molar-refractivity contribution is 0.143. The third-order valence-electron chi connectivity index (χ3n) is 4.30. The molecule has 0 fully saturated rings. The maximum atomic E-state index is 13.1. The molecule has 0 saturated heterocycles. The predicted molar refractivity (Wildman–Crippen MR) is 95.0 cm³/mol. The molecule has 0 N–H and O–H groups in total. The Balaban J connectivity index is 1.43. The van der Waals surface area contributed by atoms with Crippen LogP contribution >= 0.6 is 0 Å². The number of aromatic nitrogens is 2. The van der Waals surface area contributed by atoms with Crippen molar-refractivity contribution in [2.24, 2.45) is 0 Å². The minimum Gasteiger partial charge on any atom is -0.489 e. The van der Waals surface area contributed by atoms with E-state index in [0.29, 0.717) is 19.2 Å². The second-order valence-corrected chi connectivity index (χ2v) is 6.24. The fraction of sp³-hybridized carbons (Fsp3) is 0.200. The van der Waals surface area contributed by atoms with Crippen LogP contribution in [-0.2, 0) is 6.54 Å². The topological polar surface area (TPSA) is 53.4 Å². The number of fused-ring (bicyclic) bond motifs is 1. The highest BCUT2D eigenvalue weighted by atomic mass is 19.1. The number of benzene rings is 2. The maximum absolute atomic E-state index is 13.1. The molecule has 5 nitrogen and oxygen atoms in total. The second kappa shape index (κ2) is 6.63. The van der Waals surface area contributed by atoms with Crippen molar-refractivity contribution in [1.29, 1.82) is 0 Å². The molecule has 0 spiro atoms. The van der Waals surface area contributed by atoms with Gasteiger partial charge >= 0.3 is 0 Å². The van der Waals surface area contributed by atoms with Crippen LogP contribution in [0.3, 0.4) is 0 Å². The van der Waals surface area contributed by atoms with Crippen molar-refractivity contribution < 1.29 is 13.9 Å². The van der Waals surface area contributed by atoms with Gasteiger partial charge in [0, 0.05) is 12.3 Å². The van der Waals surface area contributed by atoms with Crippen molar-refractivity contribution in [3.05, 3.63) is 76.5 Å². The minimum atomic E-state index is -0.315. The van der Waals surface area contributed by atoms with Gasteiger partial charge in [-0.3, -0.25) is 9.36 Å². The Hall–Kier alpha value is -3.15. The zero-order valence-electron chi connectivity index (χ0n) is 14.2. The molecule has 26 heavy (non-hydrogen) atoms. The van der Waals surface area contributed by atoms with Crippen LogP contribution in [0.5, 0.6) is 11.8 Å². The van der Waals surface area contributed by atoms with E-state index in [1.165, 1.54) is 18.2 Å². The Morgan fingerprint density at radius 2 is 1.96 bits per heavy atom. The van der Waals surface area contributed by atoms with E-state index in [1.807, 2.05) is 25.1 Å². The summed E-state index contributed by atoms with van der Waals surface area (Å²) in [6.07, 6.45) is 1.48.